The summed E-state index contributed by atoms with van der Waals surface area (Å²) in [5, 5.41) is 12.6. The van der Waals surface area contributed by atoms with E-state index in [0.29, 0.717) is 4.75 Å². The summed E-state index contributed by atoms with van der Waals surface area (Å²) in [4.78, 5) is 0. The summed E-state index contributed by atoms with van der Waals surface area (Å²) < 4.78 is 0.398. The lowest BCUT2D eigenvalue weighted by atomic mass is 9.84. The van der Waals surface area contributed by atoms with E-state index < -0.39 is 0 Å². The highest BCUT2D eigenvalue weighted by Crippen LogP contribution is 2.43. The van der Waals surface area contributed by atoms with Gasteiger partial charge in [-0.25, -0.2) is 0 Å². The zero-order valence-corrected chi connectivity index (χ0v) is 11.2. The first kappa shape index (κ1) is 12.3. The summed E-state index contributed by atoms with van der Waals surface area (Å²) >= 11 is 1.95. The predicted octanol–water partition coefficient (Wildman–Crippen LogP) is 3.56. The molecule has 2 rings (SSSR count). The van der Waals surface area contributed by atoms with Gasteiger partial charge in [0, 0.05) is 11.3 Å². The number of nitrogens with one attached hydrogen (secondary N) is 1. The number of nitriles is 1. The van der Waals surface area contributed by atoms with Crippen LogP contribution in [0.5, 0.6) is 0 Å². The van der Waals surface area contributed by atoms with E-state index in [0.717, 1.165) is 23.4 Å². The Labute approximate surface area is 107 Å². The molecule has 2 nitrogen and oxygen atoms in total. The van der Waals surface area contributed by atoms with E-state index in [2.05, 4.69) is 30.6 Å². The highest BCUT2D eigenvalue weighted by atomic mass is 32.2. The van der Waals surface area contributed by atoms with Gasteiger partial charge < -0.3 is 5.32 Å². The third kappa shape index (κ3) is 2.42. The van der Waals surface area contributed by atoms with Crippen molar-refractivity contribution >= 4 is 17.4 Å². The molecule has 0 saturated heterocycles. The van der Waals surface area contributed by atoms with Crippen molar-refractivity contribution < 1.29 is 0 Å². The average Bonchev–Trinajstić information content (AvgIpc) is 2.29. The summed E-state index contributed by atoms with van der Waals surface area (Å²) in [7, 11) is 0. The van der Waals surface area contributed by atoms with Gasteiger partial charge >= 0.3 is 0 Å². The normalized spacial score (nSPS) is 17.0. The van der Waals surface area contributed by atoms with Gasteiger partial charge in [-0.1, -0.05) is 18.6 Å². The van der Waals surface area contributed by atoms with Gasteiger partial charge in [0.15, 0.2) is 0 Å². The first-order valence-corrected chi connectivity index (χ1v) is 7.22. The van der Waals surface area contributed by atoms with Crippen molar-refractivity contribution in [2.24, 2.45) is 0 Å². The summed E-state index contributed by atoms with van der Waals surface area (Å²) in [5.41, 5.74) is 2.91. The Morgan fingerprint density at radius 3 is 2.76 bits per heavy atom. The van der Waals surface area contributed by atoms with Crippen LogP contribution in [-0.4, -0.2) is 17.5 Å². The van der Waals surface area contributed by atoms with Crippen LogP contribution in [0, 0.1) is 18.3 Å². The van der Waals surface area contributed by atoms with E-state index >= 15 is 0 Å². The van der Waals surface area contributed by atoms with Crippen LogP contribution in [0.15, 0.2) is 18.2 Å². The number of hydrogen-bond donors (Lipinski definition) is 1. The van der Waals surface area contributed by atoms with Gasteiger partial charge in [0.1, 0.15) is 6.07 Å². The molecule has 1 saturated carbocycles. The second kappa shape index (κ2) is 5.01. The first-order chi connectivity index (χ1) is 8.21. The Hall–Kier alpha value is -1.14. The second-order valence-electron chi connectivity index (χ2n) is 4.70. The van der Waals surface area contributed by atoms with Crippen LogP contribution in [0.3, 0.4) is 0 Å². The van der Waals surface area contributed by atoms with Crippen LogP contribution < -0.4 is 5.32 Å². The topological polar surface area (TPSA) is 35.8 Å². The highest BCUT2D eigenvalue weighted by molar-refractivity contribution is 8.00. The van der Waals surface area contributed by atoms with Crippen molar-refractivity contribution in [3.05, 3.63) is 29.3 Å². The molecule has 17 heavy (non-hydrogen) atoms. The van der Waals surface area contributed by atoms with E-state index in [1.165, 1.54) is 19.3 Å². The van der Waals surface area contributed by atoms with Crippen LogP contribution in [0.25, 0.3) is 0 Å². The number of thioether (sulfide) groups is 1. The molecule has 0 aromatic heterocycles. The van der Waals surface area contributed by atoms with Crippen molar-refractivity contribution in [2.75, 3.05) is 18.1 Å². The van der Waals surface area contributed by atoms with Gasteiger partial charge in [-0.05, 0) is 37.7 Å². The fourth-order valence-corrected chi connectivity index (χ4v) is 3.18. The summed E-state index contributed by atoms with van der Waals surface area (Å²) in [6, 6.07) is 8.12. The Balaban J connectivity index is 2.11. The third-order valence-electron chi connectivity index (χ3n) is 3.68. The Morgan fingerprint density at radius 2 is 2.24 bits per heavy atom. The quantitative estimate of drug-likeness (QED) is 0.882. The number of nitrogens with zero attached hydrogens (tertiary/aromatic N) is 1. The number of benzene rings is 1. The Kier molecular flexibility index (Phi) is 3.63. The number of rotatable bonds is 4. The van der Waals surface area contributed by atoms with Gasteiger partial charge in [0.2, 0.25) is 0 Å². The van der Waals surface area contributed by atoms with Crippen LogP contribution in [0.4, 0.5) is 5.69 Å². The van der Waals surface area contributed by atoms with Crippen LogP contribution in [0.1, 0.15) is 30.4 Å². The van der Waals surface area contributed by atoms with E-state index in [1.807, 2.05) is 23.9 Å². The number of aryl methyl sites for hydroxylation is 1. The molecule has 1 aromatic carbocycles. The Morgan fingerprint density at radius 1 is 1.47 bits per heavy atom. The summed E-state index contributed by atoms with van der Waals surface area (Å²) in [6.45, 7) is 3.02. The number of hydrogen-bond acceptors (Lipinski definition) is 3. The Bertz CT molecular complexity index is 439. The minimum atomic E-state index is 0.398. The van der Waals surface area contributed by atoms with Crippen LogP contribution in [-0.2, 0) is 0 Å². The molecule has 1 fully saturated rings. The zero-order valence-electron chi connectivity index (χ0n) is 10.4. The molecule has 0 heterocycles. The molecule has 0 aliphatic heterocycles. The SMILES string of the molecule is CSC1(CNc2c(C)cccc2C#N)CCC1. The van der Waals surface area contributed by atoms with E-state index in [9.17, 15) is 0 Å². The molecule has 0 atom stereocenters. The average molecular weight is 246 g/mol. The summed E-state index contributed by atoms with van der Waals surface area (Å²) in [5.74, 6) is 0. The number of para-hydroxylation sites is 1. The monoisotopic (exact) mass is 246 g/mol. The highest BCUT2D eigenvalue weighted by Gasteiger charge is 2.35. The lowest BCUT2D eigenvalue weighted by Crippen LogP contribution is -2.40. The third-order valence-corrected chi connectivity index (χ3v) is 5.10. The van der Waals surface area contributed by atoms with E-state index in [4.69, 9.17) is 5.26 Å². The van der Waals surface area contributed by atoms with Gasteiger partial charge in [0.05, 0.1) is 11.3 Å². The van der Waals surface area contributed by atoms with Crippen LogP contribution in [0.2, 0.25) is 0 Å². The maximum absolute atomic E-state index is 9.11. The predicted molar refractivity (Wildman–Crippen MR) is 74.5 cm³/mol. The standard InChI is InChI=1S/C14H18N2S/c1-11-5-3-6-12(9-15)13(11)16-10-14(17-2)7-4-8-14/h3,5-6,16H,4,7-8,10H2,1-2H3. The molecular weight excluding hydrogens is 228 g/mol. The molecular formula is C14H18N2S. The van der Waals surface area contributed by atoms with Gasteiger partial charge in [0.25, 0.3) is 0 Å². The largest absolute Gasteiger partial charge is 0.382 e. The maximum Gasteiger partial charge on any atom is 0.101 e. The van der Waals surface area contributed by atoms with Gasteiger partial charge in [-0.2, -0.15) is 17.0 Å². The second-order valence-corrected chi connectivity index (χ2v) is 5.98. The van der Waals surface area contributed by atoms with Gasteiger partial charge in [-0.15, -0.1) is 0 Å². The molecule has 1 N–H and O–H groups in total. The molecule has 0 bridgehead atoms. The fourth-order valence-electron chi connectivity index (χ4n) is 2.27. The number of anilines is 1. The van der Waals surface area contributed by atoms with Crippen molar-refractivity contribution in [1.82, 2.24) is 0 Å². The molecule has 0 spiro atoms. The van der Waals surface area contributed by atoms with E-state index in [1.54, 1.807) is 0 Å². The first-order valence-electron chi connectivity index (χ1n) is 5.99. The van der Waals surface area contributed by atoms with Crippen molar-refractivity contribution in [3.63, 3.8) is 0 Å². The van der Waals surface area contributed by atoms with Crippen molar-refractivity contribution in [1.29, 1.82) is 5.26 Å². The molecule has 1 aromatic rings. The minimum absolute atomic E-state index is 0.398. The van der Waals surface area contributed by atoms with E-state index in [-0.39, 0.29) is 0 Å². The van der Waals surface area contributed by atoms with Gasteiger partial charge in [-0.3, -0.25) is 0 Å². The van der Waals surface area contributed by atoms with Crippen LogP contribution >= 0.6 is 11.8 Å². The lowest BCUT2D eigenvalue weighted by Gasteiger charge is -2.40. The van der Waals surface area contributed by atoms with Crippen molar-refractivity contribution in [3.8, 4) is 6.07 Å². The molecule has 0 unspecified atom stereocenters. The lowest BCUT2D eigenvalue weighted by molar-refractivity contribution is 0.380. The maximum atomic E-state index is 9.11. The molecule has 90 valence electrons. The van der Waals surface area contributed by atoms with Crippen molar-refractivity contribution in [2.45, 2.75) is 30.9 Å². The zero-order chi connectivity index (χ0) is 12.3. The smallest absolute Gasteiger partial charge is 0.101 e. The summed E-state index contributed by atoms with van der Waals surface area (Å²) in [6.07, 6.45) is 6.09. The molecule has 0 amide bonds. The molecule has 0 radical (unpaired) electrons. The fraction of sp³-hybridized carbons (Fsp3) is 0.500. The molecule has 3 heteroatoms. The minimum Gasteiger partial charge on any atom is -0.382 e. The molecule has 1 aliphatic rings. The molecule has 1 aliphatic carbocycles.